The van der Waals surface area contributed by atoms with E-state index in [2.05, 4.69) is 49.0 Å². The molecule has 8 nitrogen and oxygen atoms in total. The number of morpholine rings is 1. The van der Waals surface area contributed by atoms with Crippen molar-refractivity contribution in [3.63, 3.8) is 0 Å². The molecular formula is C23H30N6O2S. The Kier molecular flexibility index (Phi) is 6.47. The summed E-state index contributed by atoms with van der Waals surface area (Å²) in [4.78, 5) is 9.28. The Morgan fingerprint density at radius 2 is 2.12 bits per heavy atom. The van der Waals surface area contributed by atoms with Crippen molar-refractivity contribution in [1.82, 2.24) is 14.8 Å². The van der Waals surface area contributed by atoms with E-state index in [1.54, 1.807) is 11.3 Å². The van der Waals surface area contributed by atoms with Gasteiger partial charge in [0.1, 0.15) is 10.6 Å². The normalized spacial score (nSPS) is 30.2. The molecule has 4 aliphatic heterocycles. The number of ether oxygens (including phenoxy) is 2. The van der Waals surface area contributed by atoms with Crippen LogP contribution in [-0.4, -0.2) is 73.2 Å². The Hall–Kier alpha value is -2.36. The van der Waals surface area contributed by atoms with E-state index in [4.69, 9.17) is 9.47 Å². The highest BCUT2D eigenvalue weighted by atomic mass is 32.1. The molecule has 0 amide bonds. The third-order valence-corrected chi connectivity index (χ3v) is 7.71. The molecule has 5 heterocycles. The highest BCUT2D eigenvalue weighted by Gasteiger charge is 2.50. The lowest BCUT2D eigenvalue weighted by atomic mass is 9.76. The van der Waals surface area contributed by atoms with E-state index in [1.807, 2.05) is 17.7 Å². The molecule has 0 saturated carbocycles. The lowest BCUT2D eigenvalue weighted by Gasteiger charge is -2.49. The van der Waals surface area contributed by atoms with Crippen LogP contribution in [0.4, 0.5) is 0 Å². The number of allylic oxidation sites excluding steroid dienone is 3. The smallest absolute Gasteiger partial charge is 0.158 e. The standard InChI is InChI=1S/C23H30N6O2S/c1-2-20(28-10-13-30-14-11-28)6-5-18-16-25-27-26-21(18)29-9-3-4-19(17-29)23(7-12-31-23)22-24-8-15-32-22/h2,5-6,8,15,19H,1,3-4,7,9-14,16-17H2/b18-5+,20-6+/t19-,23+/m0/s1. The van der Waals surface area contributed by atoms with Crippen LogP contribution in [-0.2, 0) is 15.1 Å². The van der Waals surface area contributed by atoms with Crippen LogP contribution < -0.4 is 0 Å². The molecule has 2 atom stereocenters. The summed E-state index contributed by atoms with van der Waals surface area (Å²) in [6.45, 7) is 10.5. The molecule has 4 aliphatic rings. The molecule has 0 radical (unpaired) electrons. The van der Waals surface area contributed by atoms with Crippen molar-refractivity contribution in [2.75, 3.05) is 52.5 Å². The molecular weight excluding hydrogens is 424 g/mol. The minimum absolute atomic E-state index is 0.236. The maximum atomic E-state index is 6.21. The molecule has 170 valence electrons. The minimum Gasteiger partial charge on any atom is -0.378 e. The van der Waals surface area contributed by atoms with Crippen molar-refractivity contribution in [3.05, 3.63) is 52.7 Å². The van der Waals surface area contributed by atoms with Crippen molar-refractivity contribution in [3.8, 4) is 0 Å². The molecule has 0 aliphatic carbocycles. The molecule has 1 aromatic heterocycles. The fraction of sp³-hybridized carbons (Fsp3) is 0.565. The third kappa shape index (κ3) is 4.16. The summed E-state index contributed by atoms with van der Waals surface area (Å²) in [7, 11) is 0. The van der Waals surface area contributed by atoms with Crippen LogP contribution in [0.3, 0.4) is 0 Å². The first-order valence-corrected chi connectivity index (χ1v) is 12.3. The molecule has 0 aromatic carbocycles. The molecule has 0 bridgehead atoms. The summed E-state index contributed by atoms with van der Waals surface area (Å²) in [6.07, 6.45) is 11.3. The van der Waals surface area contributed by atoms with Gasteiger partial charge in [-0.2, -0.15) is 5.11 Å². The second-order valence-corrected chi connectivity index (χ2v) is 9.40. The first-order chi connectivity index (χ1) is 15.8. The van der Waals surface area contributed by atoms with Crippen molar-refractivity contribution < 1.29 is 9.47 Å². The van der Waals surface area contributed by atoms with Crippen LogP contribution in [0, 0.1) is 5.92 Å². The van der Waals surface area contributed by atoms with Crippen LogP contribution in [0.25, 0.3) is 0 Å². The van der Waals surface area contributed by atoms with Gasteiger partial charge in [-0.05, 0) is 30.2 Å². The Bertz CT molecular complexity index is 928. The monoisotopic (exact) mass is 454 g/mol. The van der Waals surface area contributed by atoms with E-state index in [0.717, 1.165) is 87.4 Å². The summed E-state index contributed by atoms with van der Waals surface area (Å²) in [6, 6.07) is 0. The average molecular weight is 455 g/mol. The van der Waals surface area contributed by atoms with E-state index in [0.29, 0.717) is 12.5 Å². The van der Waals surface area contributed by atoms with Crippen LogP contribution >= 0.6 is 11.3 Å². The topological polar surface area (TPSA) is 74.9 Å². The predicted molar refractivity (Wildman–Crippen MR) is 125 cm³/mol. The van der Waals surface area contributed by atoms with E-state index in [1.165, 1.54) is 0 Å². The molecule has 0 spiro atoms. The Morgan fingerprint density at radius 1 is 1.25 bits per heavy atom. The lowest BCUT2D eigenvalue weighted by molar-refractivity contribution is -0.196. The number of nitrogens with zero attached hydrogens (tertiary/aromatic N) is 6. The first-order valence-electron chi connectivity index (χ1n) is 11.4. The molecule has 9 heteroatoms. The molecule has 0 unspecified atom stereocenters. The van der Waals surface area contributed by atoms with Gasteiger partial charge in [-0.1, -0.05) is 12.7 Å². The van der Waals surface area contributed by atoms with Gasteiger partial charge in [0.15, 0.2) is 5.84 Å². The van der Waals surface area contributed by atoms with E-state index < -0.39 is 0 Å². The zero-order chi connectivity index (χ0) is 21.8. The maximum absolute atomic E-state index is 6.21. The fourth-order valence-corrected chi connectivity index (χ4v) is 5.89. The van der Waals surface area contributed by atoms with Gasteiger partial charge >= 0.3 is 0 Å². The lowest BCUT2D eigenvalue weighted by Crippen LogP contribution is -2.54. The fourth-order valence-electron chi connectivity index (χ4n) is 4.99. The van der Waals surface area contributed by atoms with Gasteiger partial charge in [0.05, 0.1) is 26.4 Å². The average Bonchev–Trinajstić information content (AvgIpc) is 3.35. The summed E-state index contributed by atoms with van der Waals surface area (Å²) in [5.41, 5.74) is 1.95. The highest BCUT2D eigenvalue weighted by molar-refractivity contribution is 7.09. The summed E-state index contributed by atoms with van der Waals surface area (Å²) >= 11 is 1.70. The minimum atomic E-state index is -0.236. The second-order valence-electron chi connectivity index (χ2n) is 8.51. The Labute approximate surface area is 193 Å². The quantitative estimate of drug-likeness (QED) is 0.636. The van der Waals surface area contributed by atoms with Gasteiger partial charge in [-0.15, -0.1) is 16.4 Å². The zero-order valence-electron chi connectivity index (χ0n) is 18.4. The largest absolute Gasteiger partial charge is 0.378 e. The number of aromatic nitrogens is 1. The first kappa shape index (κ1) is 21.5. The van der Waals surface area contributed by atoms with Gasteiger partial charge in [0, 0.05) is 61.4 Å². The maximum Gasteiger partial charge on any atom is 0.158 e. The molecule has 1 aromatic rings. The number of hydrogen-bond donors (Lipinski definition) is 0. The number of thiazole rings is 1. The molecule has 5 rings (SSSR count). The van der Waals surface area contributed by atoms with E-state index in [-0.39, 0.29) is 5.60 Å². The summed E-state index contributed by atoms with van der Waals surface area (Å²) in [5, 5.41) is 15.8. The summed E-state index contributed by atoms with van der Waals surface area (Å²) in [5.74, 6) is 1.33. The van der Waals surface area contributed by atoms with Gasteiger partial charge in [0.25, 0.3) is 0 Å². The molecule has 32 heavy (non-hydrogen) atoms. The van der Waals surface area contributed by atoms with Crippen molar-refractivity contribution in [1.29, 1.82) is 0 Å². The Morgan fingerprint density at radius 3 is 2.84 bits per heavy atom. The highest BCUT2D eigenvalue weighted by Crippen LogP contribution is 2.48. The number of hydrogen-bond acceptors (Lipinski definition) is 9. The number of rotatable bonds is 5. The molecule has 0 N–H and O–H groups in total. The number of likely N-dealkylation sites (tertiary alicyclic amines) is 1. The number of amidine groups is 1. The van der Waals surface area contributed by atoms with Gasteiger partial charge in [-0.3, -0.25) is 0 Å². The van der Waals surface area contributed by atoms with Gasteiger partial charge in [-0.25, -0.2) is 4.98 Å². The number of piperidine rings is 1. The second kappa shape index (κ2) is 9.64. The summed E-state index contributed by atoms with van der Waals surface area (Å²) < 4.78 is 11.7. The van der Waals surface area contributed by atoms with Gasteiger partial charge in [0.2, 0.25) is 0 Å². The van der Waals surface area contributed by atoms with Gasteiger partial charge < -0.3 is 19.3 Å². The van der Waals surface area contributed by atoms with Crippen LogP contribution in [0.2, 0.25) is 0 Å². The van der Waals surface area contributed by atoms with Crippen molar-refractivity contribution in [2.24, 2.45) is 21.4 Å². The van der Waals surface area contributed by atoms with E-state index in [9.17, 15) is 0 Å². The molecule has 3 saturated heterocycles. The van der Waals surface area contributed by atoms with Crippen LogP contribution in [0.15, 0.2) is 63.1 Å². The zero-order valence-corrected chi connectivity index (χ0v) is 19.2. The Balaban J connectivity index is 1.35. The SMILES string of the molecule is C=C/C(=C\C=C1/CN=NN=C1N1CCC[C@H]([C@@]2(c3nccs3)CCO2)C1)N1CCOCC1. The predicted octanol–water partition coefficient (Wildman–Crippen LogP) is 3.58. The molecule has 3 fully saturated rings. The van der Waals surface area contributed by atoms with Crippen molar-refractivity contribution >= 4 is 17.2 Å². The van der Waals surface area contributed by atoms with Crippen LogP contribution in [0.1, 0.15) is 24.3 Å². The van der Waals surface area contributed by atoms with E-state index >= 15 is 0 Å². The van der Waals surface area contributed by atoms with Crippen molar-refractivity contribution in [2.45, 2.75) is 24.9 Å². The third-order valence-electron chi connectivity index (χ3n) is 6.78. The van der Waals surface area contributed by atoms with Crippen LogP contribution in [0.5, 0.6) is 0 Å².